The highest BCUT2D eigenvalue weighted by Gasteiger charge is 2.23. The lowest BCUT2D eigenvalue weighted by atomic mass is 9.89. The van der Waals surface area contributed by atoms with Crippen molar-refractivity contribution in [2.75, 3.05) is 0 Å². The van der Waals surface area contributed by atoms with Crippen LogP contribution in [0.3, 0.4) is 0 Å². The predicted molar refractivity (Wildman–Crippen MR) is 70.1 cm³/mol. The molecule has 0 unspecified atom stereocenters. The fourth-order valence-electron chi connectivity index (χ4n) is 2.41. The number of ether oxygens (including phenoxy) is 2. The SMILES string of the molecule is Cc1cc(OC(=O)C2CCCCC2)ccc1OC=O. The minimum atomic E-state index is -0.150. The number of carbonyl (C=O) groups is 2. The van der Waals surface area contributed by atoms with E-state index in [4.69, 9.17) is 9.47 Å². The van der Waals surface area contributed by atoms with E-state index < -0.39 is 0 Å². The molecule has 4 heteroatoms. The van der Waals surface area contributed by atoms with Crippen molar-refractivity contribution >= 4 is 12.4 Å². The highest BCUT2D eigenvalue weighted by atomic mass is 16.5. The Hall–Kier alpha value is -1.84. The number of hydrogen-bond donors (Lipinski definition) is 0. The zero-order chi connectivity index (χ0) is 13.7. The molecule has 1 fully saturated rings. The van der Waals surface area contributed by atoms with Gasteiger partial charge in [0.1, 0.15) is 11.5 Å². The van der Waals surface area contributed by atoms with Crippen LogP contribution in [-0.4, -0.2) is 12.4 Å². The molecule has 4 nitrogen and oxygen atoms in total. The van der Waals surface area contributed by atoms with Crippen LogP contribution in [0, 0.1) is 12.8 Å². The van der Waals surface area contributed by atoms with Crippen LogP contribution in [0.25, 0.3) is 0 Å². The first-order chi connectivity index (χ1) is 9.20. The summed E-state index contributed by atoms with van der Waals surface area (Å²) in [6.07, 6.45) is 5.25. The normalized spacial score (nSPS) is 15.8. The molecule has 0 aliphatic heterocycles. The molecule has 0 N–H and O–H groups in total. The van der Waals surface area contributed by atoms with E-state index in [1.807, 2.05) is 0 Å². The van der Waals surface area contributed by atoms with E-state index in [1.54, 1.807) is 25.1 Å². The quantitative estimate of drug-likeness (QED) is 0.475. The number of hydrogen-bond acceptors (Lipinski definition) is 4. The van der Waals surface area contributed by atoms with Gasteiger partial charge >= 0.3 is 5.97 Å². The Labute approximate surface area is 112 Å². The largest absolute Gasteiger partial charge is 0.428 e. The Morgan fingerprint density at radius 1 is 1.26 bits per heavy atom. The Kier molecular flexibility index (Phi) is 4.55. The predicted octanol–water partition coefficient (Wildman–Crippen LogP) is 3.02. The lowest BCUT2D eigenvalue weighted by Gasteiger charge is -2.19. The van der Waals surface area contributed by atoms with Crippen molar-refractivity contribution in [1.29, 1.82) is 0 Å². The molecule has 1 saturated carbocycles. The molecule has 0 spiro atoms. The van der Waals surface area contributed by atoms with E-state index in [0.717, 1.165) is 31.2 Å². The van der Waals surface area contributed by atoms with Gasteiger partial charge in [-0.25, -0.2) is 0 Å². The Morgan fingerprint density at radius 3 is 2.63 bits per heavy atom. The third-order valence-electron chi connectivity index (χ3n) is 3.48. The van der Waals surface area contributed by atoms with Crippen LogP contribution in [0.1, 0.15) is 37.7 Å². The number of aryl methyl sites for hydroxylation is 1. The summed E-state index contributed by atoms with van der Waals surface area (Å²) in [5.41, 5.74) is 0.765. The topological polar surface area (TPSA) is 52.6 Å². The molecule has 0 amide bonds. The van der Waals surface area contributed by atoms with Gasteiger partial charge in [-0.15, -0.1) is 0 Å². The van der Waals surface area contributed by atoms with Crippen LogP contribution in [0.15, 0.2) is 18.2 Å². The van der Waals surface area contributed by atoms with Crippen molar-refractivity contribution in [2.45, 2.75) is 39.0 Å². The highest BCUT2D eigenvalue weighted by molar-refractivity contribution is 5.75. The lowest BCUT2D eigenvalue weighted by molar-refractivity contribution is -0.140. The summed E-state index contributed by atoms with van der Waals surface area (Å²) in [5.74, 6) is 0.863. The van der Waals surface area contributed by atoms with Gasteiger partial charge in [0.2, 0.25) is 0 Å². The zero-order valence-electron chi connectivity index (χ0n) is 11.1. The zero-order valence-corrected chi connectivity index (χ0v) is 11.1. The maximum Gasteiger partial charge on any atom is 0.314 e. The maximum absolute atomic E-state index is 12.0. The number of rotatable bonds is 4. The van der Waals surface area contributed by atoms with Gasteiger partial charge < -0.3 is 9.47 Å². The smallest absolute Gasteiger partial charge is 0.314 e. The molecule has 0 saturated heterocycles. The van der Waals surface area contributed by atoms with Crippen molar-refractivity contribution in [3.8, 4) is 11.5 Å². The summed E-state index contributed by atoms with van der Waals surface area (Å²) < 4.78 is 10.2. The van der Waals surface area contributed by atoms with Crippen LogP contribution < -0.4 is 9.47 Å². The summed E-state index contributed by atoms with van der Waals surface area (Å²) in [5, 5.41) is 0. The minimum absolute atomic E-state index is 0.0277. The van der Waals surface area contributed by atoms with Crippen molar-refractivity contribution in [3.05, 3.63) is 23.8 Å². The second-order valence-electron chi connectivity index (χ2n) is 4.90. The molecule has 2 rings (SSSR count). The third-order valence-corrected chi connectivity index (χ3v) is 3.48. The molecule has 1 aliphatic carbocycles. The van der Waals surface area contributed by atoms with E-state index in [9.17, 15) is 9.59 Å². The lowest BCUT2D eigenvalue weighted by Crippen LogP contribution is -2.22. The fourth-order valence-corrected chi connectivity index (χ4v) is 2.41. The summed E-state index contributed by atoms with van der Waals surface area (Å²) in [7, 11) is 0. The number of esters is 1. The molecule has 1 aromatic rings. The van der Waals surface area contributed by atoms with E-state index in [0.29, 0.717) is 18.0 Å². The first-order valence-electron chi connectivity index (χ1n) is 6.63. The van der Waals surface area contributed by atoms with Crippen LogP contribution in [0.4, 0.5) is 0 Å². The van der Waals surface area contributed by atoms with Crippen molar-refractivity contribution in [2.24, 2.45) is 5.92 Å². The van der Waals surface area contributed by atoms with Crippen LogP contribution in [-0.2, 0) is 9.59 Å². The van der Waals surface area contributed by atoms with Gasteiger partial charge in [-0.2, -0.15) is 0 Å². The second-order valence-corrected chi connectivity index (χ2v) is 4.90. The second kappa shape index (κ2) is 6.36. The molecule has 0 heterocycles. The molecule has 102 valence electrons. The number of benzene rings is 1. The average Bonchev–Trinajstić information content (AvgIpc) is 2.43. The van der Waals surface area contributed by atoms with E-state index in [2.05, 4.69) is 0 Å². The van der Waals surface area contributed by atoms with Gasteiger partial charge in [-0.05, 0) is 43.5 Å². The van der Waals surface area contributed by atoms with Crippen molar-refractivity contribution < 1.29 is 19.1 Å². The van der Waals surface area contributed by atoms with Crippen molar-refractivity contribution in [3.63, 3.8) is 0 Å². The molecule has 0 atom stereocenters. The highest BCUT2D eigenvalue weighted by Crippen LogP contribution is 2.27. The van der Waals surface area contributed by atoms with E-state index in [1.165, 1.54) is 6.42 Å². The monoisotopic (exact) mass is 262 g/mol. The van der Waals surface area contributed by atoms with Crippen LogP contribution in [0.2, 0.25) is 0 Å². The summed E-state index contributed by atoms with van der Waals surface area (Å²) in [4.78, 5) is 22.3. The number of carbonyl (C=O) groups excluding carboxylic acids is 2. The van der Waals surface area contributed by atoms with Gasteiger partial charge in [0, 0.05) is 0 Å². The van der Waals surface area contributed by atoms with Gasteiger partial charge in [0.05, 0.1) is 5.92 Å². The fraction of sp³-hybridized carbons (Fsp3) is 0.467. The molecular weight excluding hydrogens is 244 g/mol. The molecule has 1 aliphatic rings. The summed E-state index contributed by atoms with van der Waals surface area (Å²) in [6.45, 7) is 2.19. The summed E-state index contributed by atoms with van der Waals surface area (Å²) in [6, 6.07) is 4.99. The summed E-state index contributed by atoms with van der Waals surface area (Å²) >= 11 is 0. The van der Waals surface area contributed by atoms with Crippen LogP contribution in [0.5, 0.6) is 11.5 Å². The van der Waals surface area contributed by atoms with Gasteiger partial charge in [0.25, 0.3) is 6.47 Å². The molecule has 19 heavy (non-hydrogen) atoms. The van der Waals surface area contributed by atoms with Crippen LogP contribution >= 0.6 is 0 Å². The molecule has 0 radical (unpaired) electrons. The van der Waals surface area contributed by atoms with E-state index >= 15 is 0 Å². The van der Waals surface area contributed by atoms with Gasteiger partial charge in [-0.1, -0.05) is 19.3 Å². The standard InChI is InChI=1S/C15H18O4/c1-11-9-13(7-8-14(11)18-10-16)19-15(17)12-5-3-2-4-6-12/h7-10,12H,2-6H2,1H3. The first kappa shape index (κ1) is 13.6. The van der Waals surface area contributed by atoms with Gasteiger partial charge in [-0.3, -0.25) is 9.59 Å². The average molecular weight is 262 g/mol. The Bertz CT molecular complexity index is 461. The molecule has 0 bridgehead atoms. The minimum Gasteiger partial charge on any atom is -0.428 e. The Balaban J connectivity index is 2.00. The van der Waals surface area contributed by atoms with Gasteiger partial charge in [0.15, 0.2) is 0 Å². The van der Waals surface area contributed by atoms with Crippen molar-refractivity contribution in [1.82, 2.24) is 0 Å². The molecule has 1 aromatic carbocycles. The Morgan fingerprint density at radius 2 is 2.00 bits per heavy atom. The van der Waals surface area contributed by atoms with E-state index in [-0.39, 0.29) is 11.9 Å². The first-order valence-corrected chi connectivity index (χ1v) is 6.63. The molecule has 0 aromatic heterocycles. The maximum atomic E-state index is 12.0. The molecular formula is C15H18O4. The third kappa shape index (κ3) is 3.56.